The third-order valence-electron chi connectivity index (χ3n) is 4.14. The second-order valence-corrected chi connectivity index (χ2v) is 5.83. The van der Waals surface area contributed by atoms with Crippen molar-refractivity contribution >= 4 is 29.5 Å². The predicted octanol–water partition coefficient (Wildman–Crippen LogP) is 1.73. The number of hydrogen-bond donors (Lipinski definition) is 3. The van der Waals surface area contributed by atoms with E-state index in [0.717, 1.165) is 25.3 Å². The van der Waals surface area contributed by atoms with Crippen molar-refractivity contribution in [3.63, 3.8) is 0 Å². The Balaban J connectivity index is 1.87. The fourth-order valence-electron chi connectivity index (χ4n) is 2.70. The fourth-order valence-corrected chi connectivity index (χ4v) is 2.70. The van der Waals surface area contributed by atoms with Gasteiger partial charge in [0.15, 0.2) is 5.82 Å². The first-order valence-corrected chi connectivity index (χ1v) is 8.22. The minimum Gasteiger partial charge on any atom is -0.381 e. The van der Waals surface area contributed by atoms with Crippen molar-refractivity contribution in [1.82, 2.24) is 15.3 Å². The number of aromatic nitrogens is 2. The largest absolute Gasteiger partial charge is 0.381 e. The van der Waals surface area contributed by atoms with Crippen molar-refractivity contribution < 1.29 is 9.66 Å². The first-order chi connectivity index (χ1) is 12.7. The van der Waals surface area contributed by atoms with Gasteiger partial charge in [-0.2, -0.15) is 0 Å². The van der Waals surface area contributed by atoms with Crippen molar-refractivity contribution in [3.05, 3.63) is 40.2 Å². The maximum absolute atomic E-state index is 11.3. The van der Waals surface area contributed by atoms with Gasteiger partial charge in [0.1, 0.15) is 6.20 Å². The van der Waals surface area contributed by atoms with Gasteiger partial charge < -0.3 is 20.8 Å². The van der Waals surface area contributed by atoms with Crippen LogP contribution in [0.5, 0.6) is 0 Å². The number of allylic oxidation sites excluding steroid dienone is 2. The predicted molar refractivity (Wildman–Crippen MR) is 97.2 cm³/mol. The summed E-state index contributed by atoms with van der Waals surface area (Å²) in [5.74, 6) is 0.735. The van der Waals surface area contributed by atoms with E-state index in [1.807, 2.05) is 0 Å². The summed E-state index contributed by atoms with van der Waals surface area (Å²) in [5.41, 5.74) is 0.745. The highest BCUT2D eigenvalue weighted by atomic mass is 16.6. The van der Waals surface area contributed by atoms with Gasteiger partial charge in [0, 0.05) is 38.4 Å². The topological polar surface area (TPSA) is 138 Å². The van der Waals surface area contributed by atoms with E-state index in [-0.39, 0.29) is 17.3 Å². The molecule has 2 aliphatic heterocycles. The Hall–Kier alpha value is -3.14. The van der Waals surface area contributed by atoms with Crippen LogP contribution in [0, 0.1) is 21.4 Å². The highest BCUT2D eigenvalue weighted by molar-refractivity contribution is 6.13. The Labute approximate surface area is 149 Å². The molecule has 10 heteroatoms. The number of nitro groups is 1. The van der Waals surface area contributed by atoms with Crippen molar-refractivity contribution in [2.24, 2.45) is 10.9 Å². The van der Waals surface area contributed by atoms with Gasteiger partial charge in [-0.1, -0.05) is 0 Å². The molecule has 0 saturated carbocycles. The number of anilines is 1. The number of nitrogens with one attached hydrogen (secondary N) is 3. The van der Waals surface area contributed by atoms with Crippen LogP contribution >= 0.6 is 0 Å². The van der Waals surface area contributed by atoms with Crippen LogP contribution in [0.4, 0.5) is 11.5 Å². The minimum atomic E-state index is -0.517. The summed E-state index contributed by atoms with van der Waals surface area (Å²) in [6, 6.07) is 0. The second-order valence-electron chi connectivity index (χ2n) is 5.83. The number of hydrogen-bond acceptors (Lipinski definition) is 9. The summed E-state index contributed by atoms with van der Waals surface area (Å²) in [4.78, 5) is 23.1. The molecule has 10 nitrogen and oxygen atoms in total. The summed E-state index contributed by atoms with van der Waals surface area (Å²) in [6.07, 6.45) is 8.80. The van der Waals surface area contributed by atoms with Crippen LogP contribution < -0.4 is 10.6 Å². The molecular weight excluding hydrogens is 338 g/mol. The molecule has 1 saturated heterocycles. The molecule has 1 aromatic heterocycles. The molecule has 0 aromatic carbocycles. The third-order valence-corrected chi connectivity index (χ3v) is 4.14. The summed E-state index contributed by atoms with van der Waals surface area (Å²) in [5, 5.41) is 25.0. The van der Waals surface area contributed by atoms with Crippen LogP contribution in [0.15, 0.2) is 29.3 Å². The van der Waals surface area contributed by atoms with E-state index < -0.39 is 4.92 Å². The van der Waals surface area contributed by atoms with Gasteiger partial charge in [0.25, 0.3) is 0 Å². The Morgan fingerprint density at radius 3 is 2.96 bits per heavy atom. The molecule has 3 heterocycles. The SMILES string of the molecule is N=C/C(=C1/C=NC=CN1)c1ncc([N+](=O)[O-])c(NCC2CCOCC2)n1. The van der Waals surface area contributed by atoms with E-state index in [2.05, 4.69) is 25.6 Å². The van der Waals surface area contributed by atoms with E-state index in [1.165, 1.54) is 0 Å². The van der Waals surface area contributed by atoms with Gasteiger partial charge in [0.2, 0.25) is 5.82 Å². The van der Waals surface area contributed by atoms with E-state index >= 15 is 0 Å². The van der Waals surface area contributed by atoms with Gasteiger partial charge >= 0.3 is 5.69 Å². The quantitative estimate of drug-likeness (QED) is 0.400. The number of ether oxygens (including phenoxy) is 1. The van der Waals surface area contributed by atoms with Crippen molar-refractivity contribution in [3.8, 4) is 0 Å². The van der Waals surface area contributed by atoms with Crippen molar-refractivity contribution in [2.75, 3.05) is 25.1 Å². The van der Waals surface area contributed by atoms with Crippen molar-refractivity contribution in [1.29, 1.82) is 5.41 Å². The van der Waals surface area contributed by atoms with Crippen LogP contribution in [-0.4, -0.2) is 47.1 Å². The van der Waals surface area contributed by atoms with Crippen LogP contribution in [0.2, 0.25) is 0 Å². The molecular formula is C16H19N7O3. The normalized spacial score (nSPS) is 18.9. The number of nitrogens with zero attached hydrogens (tertiary/aromatic N) is 4. The van der Waals surface area contributed by atoms with E-state index in [0.29, 0.717) is 36.9 Å². The van der Waals surface area contributed by atoms with Gasteiger partial charge in [-0.25, -0.2) is 9.97 Å². The van der Waals surface area contributed by atoms with Gasteiger partial charge in [-0.15, -0.1) is 0 Å². The Morgan fingerprint density at radius 2 is 2.31 bits per heavy atom. The first kappa shape index (κ1) is 17.7. The average Bonchev–Trinajstić information content (AvgIpc) is 2.68. The van der Waals surface area contributed by atoms with E-state index in [1.54, 1.807) is 18.6 Å². The number of aliphatic imine (C=N–C) groups is 1. The van der Waals surface area contributed by atoms with Gasteiger partial charge in [-0.05, 0) is 18.8 Å². The average molecular weight is 357 g/mol. The monoisotopic (exact) mass is 357 g/mol. The third kappa shape index (κ3) is 4.09. The van der Waals surface area contributed by atoms with Crippen LogP contribution in [-0.2, 0) is 4.74 Å². The lowest BCUT2D eigenvalue weighted by atomic mass is 10.0. The van der Waals surface area contributed by atoms with E-state index in [4.69, 9.17) is 10.1 Å². The highest BCUT2D eigenvalue weighted by Gasteiger charge is 2.21. The summed E-state index contributed by atoms with van der Waals surface area (Å²) < 4.78 is 5.33. The molecule has 0 radical (unpaired) electrons. The lowest BCUT2D eigenvalue weighted by molar-refractivity contribution is -0.384. The standard InChI is InChI=1S/C16H19N7O3/c17-7-12(13-9-18-3-4-19-13)15-21-10-14(23(24)25)16(22-15)20-8-11-1-5-26-6-2-11/h3-4,7,9-11,17,19H,1-2,5-6,8H2,(H,20,21,22)/b13-12+,17-7?. The minimum absolute atomic E-state index is 0.148. The lowest BCUT2D eigenvalue weighted by Crippen LogP contribution is -2.23. The molecule has 0 atom stereocenters. The van der Waals surface area contributed by atoms with Crippen molar-refractivity contribution in [2.45, 2.75) is 12.8 Å². The maximum atomic E-state index is 11.3. The maximum Gasteiger partial charge on any atom is 0.329 e. The zero-order chi connectivity index (χ0) is 18.4. The molecule has 1 fully saturated rings. The summed E-state index contributed by atoms with van der Waals surface area (Å²) in [7, 11) is 0. The molecule has 0 aliphatic carbocycles. The zero-order valence-electron chi connectivity index (χ0n) is 14.0. The van der Waals surface area contributed by atoms with Crippen LogP contribution in [0.25, 0.3) is 5.57 Å². The van der Waals surface area contributed by atoms with Gasteiger partial charge in [-0.3, -0.25) is 15.1 Å². The molecule has 0 bridgehead atoms. The first-order valence-electron chi connectivity index (χ1n) is 8.22. The molecule has 136 valence electrons. The Bertz CT molecular complexity index is 782. The van der Waals surface area contributed by atoms with Crippen LogP contribution in [0.3, 0.4) is 0 Å². The molecule has 2 aliphatic rings. The molecule has 3 N–H and O–H groups in total. The Kier molecular flexibility index (Phi) is 5.64. The fraction of sp³-hybridized carbons (Fsp3) is 0.375. The molecule has 0 amide bonds. The smallest absolute Gasteiger partial charge is 0.329 e. The highest BCUT2D eigenvalue weighted by Crippen LogP contribution is 2.24. The Morgan fingerprint density at radius 1 is 1.50 bits per heavy atom. The molecule has 26 heavy (non-hydrogen) atoms. The lowest BCUT2D eigenvalue weighted by Gasteiger charge is -2.22. The van der Waals surface area contributed by atoms with Gasteiger partial charge in [0.05, 0.1) is 22.4 Å². The molecule has 1 aromatic rings. The summed E-state index contributed by atoms with van der Waals surface area (Å²) in [6.45, 7) is 1.97. The summed E-state index contributed by atoms with van der Waals surface area (Å²) >= 11 is 0. The zero-order valence-corrected chi connectivity index (χ0v) is 14.0. The molecule has 0 unspecified atom stereocenters. The molecule has 0 spiro atoms. The molecule has 3 rings (SSSR count). The van der Waals surface area contributed by atoms with E-state index in [9.17, 15) is 10.1 Å². The second kappa shape index (κ2) is 8.30. The number of rotatable bonds is 6. The van der Waals surface area contributed by atoms with Crippen LogP contribution in [0.1, 0.15) is 18.7 Å².